The van der Waals surface area contributed by atoms with E-state index in [0.717, 1.165) is 19.4 Å². The van der Waals surface area contributed by atoms with E-state index < -0.39 is 0 Å². The second-order valence-corrected chi connectivity index (χ2v) is 4.92. The molecule has 0 radical (unpaired) electrons. The predicted octanol–water partition coefficient (Wildman–Crippen LogP) is 0.483. The van der Waals surface area contributed by atoms with Gasteiger partial charge in [-0.25, -0.2) is 0 Å². The van der Waals surface area contributed by atoms with E-state index in [2.05, 4.69) is 0 Å². The molecule has 17 heavy (non-hydrogen) atoms. The maximum atomic E-state index is 11.9. The zero-order valence-corrected chi connectivity index (χ0v) is 10.0. The Morgan fingerprint density at radius 3 is 2.88 bits per heavy atom. The van der Waals surface area contributed by atoms with Crippen LogP contribution in [0, 0.1) is 11.8 Å². The van der Waals surface area contributed by atoms with Gasteiger partial charge in [0.15, 0.2) is 6.23 Å². The zero-order valence-electron chi connectivity index (χ0n) is 10.0. The van der Waals surface area contributed by atoms with E-state index in [0.29, 0.717) is 31.3 Å². The lowest BCUT2D eigenvalue weighted by Gasteiger charge is -2.28. The fourth-order valence-electron chi connectivity index (χ4n) is 3.17. The molecule has 1 amide bonds. The van der Waals surface area contributed by atoms with Gasteiger partial charge in [-0.1, -0.05) is 12.8 Å². The molecule has 1 saturated carbocycles. The molecule has 5 heteroatoms. The first kappa shape index (κ1) is 12.4. The van der Waals surface area contributed by atoms with Crippen LogP contribution in [0.15, 0.2) is 0 Å². The van der Waals surface area contributed by atoms with Crippen molar-refractivity contribution in [3.05, 3.63) is 0 Å². The maximum Gasteiger partial charge on any atom is 0.295 e. The van der Waals surface area contributed by atoms with Gasteiger partial charge in [0.2, 0.25) is 5.91 Å². The van der Waals surface area contributed by atoms with Crippen molar-refractivity contribution in [3.63, 3.8) is 0 Å². The molecule has 0 aromatic carbocycles. The van der Waals surface area contributed by atoms with E-state index >= 15 is 0 Å². The average molecular weight is 240 g/mol. The summed E-state index contributed by atoms with van der Waals surface area (Å²) in [6.07, 6.45) is 4.55. The molecule has 1 heterocycles. The molecule has 96 valence electrons. The summed E-state index contributed by atoms with van der Waals surface area (Å²) in [5.74, 6) is 0.833. The molecule has 3 unspecified atom stereocenters. The van der Waals surface area contributed by atoms with Gasteiger partial charge in [-0.2, -0.15) is 0 Å². The van der Waals surface area contributed by atoms with Crippen molar-refractivity contribution in [1.82, 2.24) is 4.90 Å². The van der Waals surface area contributed by atoms with E-state index in [1.54, 1.807) is 4.90 Å². The number of hydrogen-bond acceptors (Lipinski definition) is 4. The molecule has 0 aromatic heterocycles. The molecule has 1 aliphatic heterocycles. The SMILES string of the molecule is NCCC(=O)N1CC2CCCCC2C1OC=O. The van der Waals surface area contributed by atoms with Crippen molar-refractivity contribution >= 4 is 12.4 Å². The highest BCUT2D eigenvalue weighted by Crippen LogP contribution is 2.40. The quantitative estimate of drug-likeness (QED) is 0.726. The first-order chi connectivity index (χ1) is 8.27. The number of likely N-dealkylation sites (tertiary alicyclic amines) is 1. The summed E-state index contributed by atoms with van der Waals surface area (Å²) < 4.78 is 5.14. The lowest BCUT2D eigenvalue weighted by Crippen LogP contribution is -2.40. The van der Waals surface area contributed by atoms with Gasteiger partial charge in [0.25, 0.3) is 6.47 Å². The molecule has 2 aliphatic rings. The van der Waals surface area contributed by atoms with Crippen LogP contribution in [0.2, 0.25) is 0 Å². The van der Waals surface area contributed by atoms with Gasteiger partial charge in [0.05, 0.1) is 0 Å². The minimum absolute atomic E-state index is 0.00810. The number of amides is 1. The molecule has 1 aliphatic carbocycles. The van der Waals surface area contributed by atoms with Crippen LogP contribution in [0.25, 0.3) is 0 Å². The molecule has 2 rings (SSSR count). The highest BCUT2D eigenvalue weighted by Gasteiger charge is 2.45. The van der Waals surface area contributed by atoms with E-state index in [1.165, 1.54) is 12.8 Å². The number of nitrogens with zero attached hydrogens (tertiary/aromatic N) is 1. The Morgan fingerprint density at radius 1 is 1.41 bits per heavy atom. The van der Waals surface area contributed by atoms with E-state index in [1.807, 2.05) is 0 Å². The highest BCUT2D eigenvalue weighted by molar-refractivity contribution is 5.77. The summed E-state index contributed by atoms with van der Waals surface area (Å²) in [6.45, 7) is 1.53. The minimum Gasteiger partial charge on any atom is -0.443 e. The van der Waals surface area contributed by atoms with Gasteiger partial charge < -0.3 is 15.4 Å². The lowest BCUT2D eigenvalue weighted by atomic mass is 9.81. The average Bonchev–Trinajstić information content (AvgIpc) is 2.70. The van der Waals surface area contributed by atoms with Crippen LogP contribution >= 0.6 is 0 Å². The summed E-state index contributed by atoms with van der Waals surface area (Å²) in [6, 6.07) is 0. The molecule has 1 saturated heterocycles. The molecule has 2 fully saturated rings. The standard InChI is InChI=1S/C12H20N2O3/c13-6-5-11(16)14-7-9-3-1-2-4-10(9)12(14)17-8-15/h8-10,12H,1-7,13H2. The zero-order chi connectivity index (χ0) is 12.3. The molecular formula is C12H20N2O3. The fraction of sp³-hybridized carbons (Fsp3) is 0.833. The predicted molar refractivity (Wildman–Crippen MR) is 61.8 cm³/mol. The van der Waals surface area contributed by atoms with E-state index in [-0.39, 0.29) is 12.1 Å². The van der Waals surface area contributed by atoms with Crippen molar-refractivity contribution in [2.75, 3.05) is 13.1 Å². The van der Waals surface area contributed by atoms with Crippen molar-refractivity contribution in [1.29, 1.82) is 0 Å². The van der Waals surface area contributed by atoms with Crippen molar-refractivity contribution in [2.24, 2.45) is 17.6 Å². The summed E-state index contributed by atoms with van der Waals surface area (Å²) in [7, 11) is 0. The monoisotopic (exact) mass is 240 g/mol. The molecular weight excluding hydrogens is 220 g/mol. The highest BCUT2D eigenvalue weighted by atomic mass is 16.5. The molecule has 3 atom stereocenters. The second-order valence-electron chi connectivity index (χ2n) is 4.92. The number of carbonyl (C=O) groups excluding carboxylic acids is 2. The van der Waals surface area contributed by atoms with Gasteiger partial charge in [0, 0.05) is 25.4 Å². The third kappa shape index (κ3) is 2.44. The van der Waals surface area contributed by atoms with Crippen molar-refractivity contribution < 1.29 is 14.3 Å². The van der Waals surface area contributed by atoms with Gasteiger partial charge in [-0.15, -0.1) is 0 Å². The number of ether oxygens (including phenoxy) is 1. The minimum atomic E-state index is -0.350. The number of fused-ring (bicyclic) bond motifs is 1. The van der Waals surface area contributed by atoms with Crippen LogP contribution in [0.1, 0.15) is 32.1 Å². The number of carbonyl (C=O) groups is 2. The maximum absolute atomic E-state index is 11.9. The van der Waals surface area contributed by atoms with Crippen molar-refractivity contribution in [2.45, 2.75) is 38.3 Å². The molecule has 5 nitrogen and oxygen atoms in total. The summed E-state index contributed by atoms with van der Waals surface area (Å²) in [4.78, 5) is 24.2. The molecule has 0 bridgehead atoms. The van der Waals surface area contributed by atoms with Crippen LogP contribution < -0.4 is 5.73 Å². The summed E-state index contributed by atoms with van der Waals surface area (Å²) in [5.41, 5.74) is 5.41. The Labute approximate surface area is 101 Å². The molecule has 0 aromatic rings. The van der Waals surface area contributed by atoms with Gasteiger partial charge in [-0.05, 0) is 18.8 Å². The first-order valence-corrected chi connectivity index (χ1v) is 6.36. The summed E-state index contributed by atoms with van der Waals surface area (Å²) >= 11 is 0. The fourth-order valence-corrected chi connectivity index (χ4v) is 3.17. The third-order valence-electron chi connectivity index (χ3n) is 3.95. The summed E-state index contributed by atoms with van der Waals surface area (Å²) in [5, 5.41) is 0. The van der Waals surface area contributed by atoms with Crippen LogP contribution in [-0.2, 0) is 14.3 Å². The van der Waals surface area contributed by atoms with E-state index in [4.69, 9.17) is 10.5 Å². The van der Waals surface area contributed by atoms with Crippen LogP contribution in [-0.4, -0.2) is 36.6 Å². The van der Waals surface area contributed by atoms with Gasteiger partial charge >= 0.3 is 0 Å². The Bertz CT molecular complexity index is 295. The second kappa shape index (κ2) is 5.49. The van der Waals surface area contributed by atoms with Gasteiger partial charge in [-0.3, -0.25) is 9.59 Å². The number of hydrogen-bond donors (Lipinski definition) is 1. The van der Waals surface area contributed by atoms with Gasteiger partial charge in [0.1, 0.15) is 0 Å². The van der Waals surface area contributed by atoms with Crippen molar-refractivity contribution in [3.8, 4) is 0 Å². The normalized spacial score (nSPS) is 32.1. The third-order valence-corrected chi connectivity index (χ3v) is 3.95. The Balaban J connectivity index is 2.08. The molecule has 2 N–H and O–H groups in total. The first-order valence-electron chi connectivity index (χ1n) is 6.36. The van der Waals surface area contributed by atoms with Crippen LogP contribution in [0.5, 0.6) is 0 Å². The Morgan fingerprint density at radius 2 is 2.18 bits per heavy atom. The number of rotatable bonds is 4. The smallest absolute Gasteiger partial charge is 0.295 e. The van der Waals surface area contributed by atoms with E-state index in [9.17, 15) is 9.59 Å². The topological polar surface area (TPSA) is 72.6 Å². The largest absolute Gasteiger partial charge is 0.443 e. The number of nitrogens with two attached hydrogens (primary N) is 1. The Hall–Kier alpha value is -1.10. The lowest BCUT2D eigenvalue weighted by molar-refractivity contribution is -0.154. The van der Waals surface area contributed by atoms with Crippen LogP contribution in [0.4, 0.5) is 0 Å². The molecule has 0 spiro atoms. The Kier molecular flexibility index (Phi) is 3.99. The van der Waals surface area contributed by atoms with Crippen LogP contribution in [0.3, 0.4) is 0 Å².